The summed E-state index contributed by atoms with van der Waals surface area (Å²) in [5.41, 5.74) is 0.258. The first kappa shape index (κ1) is 18.3. The summed E-state index contributed by atoms with van der Waals surface area (Å²) in [5.74, 6) is -0.913. The van der Waals surface area contributed by atoms with Gasteiger partial charge in [0, 0.05) is 13.1 Å². The van der Waals surface area contributed by atoms with Gasteiger partial charge in [0.25, 0.3) is 0 Å². The van der Waals surface area contributed by atoms with E-state index in [-0.39, 0.29) is 23.7 Å². The lowest BCUT2D eigenvalue weighted by molar-refractivity contribution is -0.130. The lowest BCUT2D eigenvalue weighted by Crippen LogP contribution is -2.45. The van der Waals surface area contributed by atoms with E-state index in [1.54, 1.807) is 17.0 Å². The standard InChI is InChI=1S/C16H22N2O5S/c1-23-16(20)13-8-4-5-9-14(13)18(24(2,21)22)12-15(19)17-10-6-3-7-11-17/h4-5,8-9H,3,6-7,10-12H2,1-2H3. The summed E-state index contributed by atoms with van der Waals surface area (Å²) in [6.07, 6.45) is 3.93. The van der Waals surface area contributed by atoms with Gasteiger partial charge >= 0.3 is 5.97 Å². The molecule has 0 radical (unpaired) electrons. The SMILES string of the molecule is COC(=O)c1ccccc1N(CC(=O)N1CCCCC1)S(C)(=O)=O. The van der Waals surface area contributed by atoms with E-state index in [9.17, 15) is 18.0 Å². The quantitative estimate of drug-likeness (QED) is 0.743. The molecule has 2 rings (SSSR count). The number of esters is 1. The zero-order chi connectivity index (χ0) is 17.7. The van der Waals surface area contributed by atoms with Crippen LogP contribution in [0.2, 0.25) is 0 Å². The molecule has 1 amide bonds. The molecule has 7 nitrogen and oxygen atoms in total. The van der Waals surface area contributed by atoms with Crippen molar-refractivity contribution in [1.29, 1.82) is 0 Å². The number of amides is 1. The first-order valence-electron chi connectivity index (χ1n) is 7.77. The number of ether oxygens (including phenoxy) is 1. The summed E-state index contributed by atoms with van der Waals surface area (Å²) in [6, 6.07) is 6.20. The molecular weight excluding hydrogens is 332 g/mol. The van der Waals surface area contributed by atoms with E-state index >= 15 is 0 Å². The third kappa shape index (κ3) is 4.25. The molecule has 0 bridgehead atoms. The first-order chi connectivity index (χ1) is 11.3. The topological polar surface area (TPSA) is 84.0 Å². The number of likely N-dealkylation sites (tertiary alicyclic amines) is 1. The van der Waals surface area contributed by atoms with Gasteiger partial charge in [-0.25, -0.2) is 13.2 Å². The number of anilines is 1. The summed E-state index contributed by atoms with van der Waals surface area (Å²) >= 11 is 0. The number of sulfonamides is 1. The fraction of sp³-hybridized carbons (Fsp3) is 0.500. The van der Waals surface area contributed by atoms with Crippen LogP contribution in [0.25, 0.3) is 0 Å². The molecule has 1 aromatic rings. The van der Waals surface area contributed by atoms with Gasteiger partial charge in [-0.1, -0.05) is 12.1 Å². The Morgan fingerprint density at radius 2 is 1.79 bits per heavy atom. The van der Waals surface area contributed by atoms with Crippen LogP contribution in [-0.2, 0) is 19.6 Å². The van der Waals surface area contributed by atoms with Crippen LogP contribution in [0.3, 0.4) is 0 Å². The fourth-order valence-electron chi connectivity index (χ4n) is 2.72. The summed E-state index contributed by atoms with van der Waals surface area (Å²) in [6.45, 7) is 0.941. The van der Waals surface area contributed by atoms with Crippen molar-refractivity contribution in [3.05, 3.63) is 29.8 Å². The molecule has 132 valence electrons. The highest BCUT2D eigenvalue weighted by Gasteiger charge is 2.28. The van der Waals surface area contributed by atoms with Gasteiger partial charge in [0.2, 0.25) is 15.9 Å². The first-order valence-corrected chi connectivity index (χ1v) is 9.62. The molecule has 0 atom stereocenters. The van der Waals surface area contributed by atoms with Gasteiger partial charge in [0.05, 0.1) is 24.6 Å². The molecule has 1 aliphatic rings. The van der Waals surface area contributed by atoms with E-state index in [4.69, 9.17) is 4.74 Å². The second kappa shape index (κ2) is 7.65. The lowest BCUT2D eigenvalue weighted by Gasteiger charge is -2.30. The smallest absolute Gasteiger partial charge is 0.340 e. The minimum Gasteiger partial charge on any atom is -0.465 e. The Morgan fingerprint density at radius 1 is 1.17 bits per heavy atom. The number of hydrogen-bond donors (Lipinski definition) is 0. The summed E-state index contributed by atoms with van der Waals surface area (Å²) in [5, 5.41) is 0. The predicted molar refractivity (Wildman–Crippen MR) is 90.4 cm³/mol. The molecule has 0 aromatic heterocycles. The van der Waals surface area contributed by atoms with Crippen molar-refractivity contribution in [2.45, 2.75) is 19.3 Å². The van der Waals surface area contributed by atoms with E-state index in [1.165, 1.54) is 19.2 Å². The number of carbonyl (C=O) groups excluding carboxylic acids is 2. The monoisotopic (exact) mass is 354 g/mol. The maximum absolute atomic E-state index is 12.5. The molecule has 1 aromatic carbocycles. The molecule has 1 heterocycles. The molecule has 8 heteroatoms. The van der Waals surface area contributed by atoms with Crippen molar-refractivity contribution < 1.29 is 22.7 Å². The summed E-state index contributed by atoms with van der Waals surface area (Å²) < 4.78 is 30.1. The van der Waals surface area contributed by atoms with Crippen LogP contribution >= 0.6 is 0 Å². The number of hydrogen-bond acceptors (Lipinski definition) is 5. The highest BCUT2D eigenvalue weighted by Crippen LogP contribution is 2.24. The molecule has 24 heavy (non-hydrogen) atoms. The second-order valence-corrected chi connectivity index (χ2v) is 7.63. The highest BCUT2D eigenvalue weighted by atomic mass is 32.2. The minimum absolute atomic E-state index is 0.108. The average Bonchev–Trinajstić information content (AvgIpc) is 2.58. The van der Waals surface area contributed by atoms with E-state index < -0.39 is 16.0 Å². The molecule has 0 saturated carbocycles. The summed E-state index contributed by atoms with van der Waals surface area (Å²) in [7, 11) is -2.51. The van der Waals surface area contributed by atoms with Gasteiger partial charge < -0.3 is 9.64 Å². The zero-order valence-electron chi connectivity index (χ0n) is 13.9. The fourth-order valence-corrected chi connectivity index (χ4v) is 3.58. The lowest BCUT2D eigenvalue weighted by atomic mass is 10.1. The van der Waals surface area contributed by atoms with E-state index in [0.717, 1.165) is 29.8 Å². The molecular formula is C16H22N2O5S. The van der Waals surface area contributed by atoms with Crippen molar-refractivity contribution in [2.75, 3.05) is 37.3 Å². The average molecular weight is 354 g/mol. The predicted octanol–water partition coefficient (Wildman–Crippen LogP) is 1.25. The summed E-state index contributed by atoms with van der Waals surface area (Å²) in [4.78, 5) is 26.1. The Balaban J connectivity index is 2.33. The Labute approximate surface area is 142 Å². The zero-order valence-corrected chi connectivity index (χ0v) is 14.7. The third-order valence-electron chi connectivity index (χ3n) is 3.97. The number of nitrogens with zero attached hydrogens (tertiary/aromatic N) is 2. The number of rotatable bonds is 5. The van der Waals surface area contributed by atoms with Crippen LogP contribution in [-0.4, -0.2) is 58.2 Å². The normalized spacial score (nSPS) is 15.0. The van der Waals surface area contributed by atoms with Gasteiger partial charge in [-0.05, 0) is 31.4 Å². The van der Waals surface area contributed by atoms with Crippen LogP contribution in [0.15, 0.2) is 24.3 Å². The van der Waals surface area contributed by atoms with Gasteiger partial charge in [-0.15, -0.1) is 0 Å². The van der Waals surface area contributed by atoms with Crippen LogP contribution < -0.4 is 4.31 Å². The molecule has 0 N–H and O–H groups in total. The number of para-hydroxylation sites is 1. The van der Waals surface area contributed by atoms with Crippen molar-refractivity contribution >= 4 is 27.6 Å². The van der Waals surface area contributed by atoms with Gasteiger partial charge in [0.1, 0.15) is 6.54 Å². The van der Waals surface area contributed by atoms with Crippen LogP contribution in [0.5, 0.6) is 0 Å². The van der Waals surface area contributed by atoms with E-state index in [1.807, 2.05) is 0 Å². The van der Waals surface area contributed by atoms with Crippen LogP contribution in [0.1, 0.15) is 29.6 Å². The van der Waals surface area contributed by atoms with Crippen molar-refractivity contribution in [1.82, 2.24) is 4.90 Å². The molecule has 0 aliphatic carbocycles. The van der Waals surface area contributed by atoms with Gasteiger partial charge in [-0.2, -0.15) is 0 Å². The number of methoxy groups -OCH3 is 1. The maximum Gasteiger partial charge on any atom is 0.340 e. The van der Waals surface area contributed by atoms with E-state index in [0.29, 0.717) is 13.1 Å². The Kier molecular flexibility index (Phi) is 5.82. The van der Waals surface area contributed by atoms with Gasteiger partial charge in [0.15, 0.2) is 0 Å². The van der Waals surface area contributed by atoms with Crippen LogP contribution in [0.4, 0.5) is 5.69 Å². The molecule has 0 spiro atoms. The minimum atomic E-state index is -3.74. The number of benzene rings is 1. The van der Waals surface area contributed by atoms with Crippen molar-refractivity contribution in [3.8, 4) is 0 Å². The molecule has 1 saturated heterocycles. The van der Waals surface area contributed by atoms with Crippen molar-refractivity contribution in [3.63, 3.8) is 0 Å². The van der Waals surface area contributed by atoms with Crippen LogP contribution in [0, 0.1) is 0 Å². The highest BCUT2D eigenvalue weighted by molar-refractivity contribution is 7.92. The molecule has 0 unspecified atom stereocenters. The molecule has 1 aliphatic heterocycles. The second-order valence-electron chi connectivity index (χ2n) is 5.72. The number of piperidine rings is 1. The van der Waals surface area contributed by atoms with E-state index in [2.05, 4.69) is 0 Å². The number of carbonyl (C=O) groups is 2. The van der Waals surface area contributed by atoms with Gasteiger partial charge in [-0.3, -0.25) is 9.10 Å². The Morgan fingerprint density at radius 3 is 2.38 bits per heavy atom. The third-order valence-corrected chi connectivity index (χ3v) is 5.09. The largest absolute Gasteiger partial charge is 0.465 e. The maximum atomic E-state index is 12.5. The van der Waals surface area contributed by atoms with Crippen molar-refractivity contribution in [2.24, 2.45) is 0 Å². The molecule has 1 fully saturated rings. The Hall–Kier alpha value is -2.09. The Bertz CT molecular complexity index is 711.